The molecular weight excluding hydrogens is 244 g/mol. The lowest BCUT2D eigenvalue weighted by atomic mass is 9.89. The Hall–Kier alpha value is -0.900. The topological polar surface area (TPSA) is 42.0 Å². The second-order valence-corrected chi connectivity index (χ2v) is 6.62. The fourth-order valence-corrected chi connectivity index (χ4v) is 4.61. The Bertz CT molecular complexity index is 468. The molecule has 98 valence electrons. The number of Topliss-reactive ketones (excluding diaryl/α,β-unsaturated/α-hetero) is 1. The van der Waals surface area contributed by atoms with Crippen molar-refractivity contribution in [2.45, 2.75) is 39.5 Å². The fraction of sp³-hybridized carbons (Fsp3) is 0.714. The SMILES string of the molecule is CC(=O)c1c(C)nsc1NCC1CC2CCC1C2. The minimum Gasteiger partial charge on any atom is -0.375 e. The predicted octanol–water partition coefficient (Wildman–Crippen LogP) is 3.50. The summed E-state index contributed by atoms with van der Waals surface area (Å²) in [5, 5.41) is 4.45. The first-order valence-corrected chi connectivity index (χ1v) is 7.63. The summed E-state index contributed by atoms with van der Waals surface area (Å²) in [7, 11) is 0. The molecule has 2 saturated carbocycles. The van der Waals surface area contributed by atoms with E-state index in [0.717, 1.165) is 40.6 Å². The molecule has 18 heavy (non-hydrogen) atoms. The van der Waals surface area contributed by atoms with Gasteiger partial charge in [0, 0.05) is 6.54 Å². The predicted molar refractivity (Wildman–Crippen MR) is 74.3 cm³/mol. The Morgan fingerprint density at radius 3 is 2.89 bits per heavy atom. The number of hydrogen-bond acceptors (Lipinski definition) is 4. The van der Waals surface area contributed by atoms with Gasteiger partial charge in [0.15, 0.2) is 5.78 Å². The molecule has 0 aliphatic heterocycles. The number of hydrogen-bond donors (Lipinski definition) is 1. The Kier molecular flexibility index (Phi) is 3.14. The number of nitrogens with zero attached hydrogens (tertiary/aromatic N) is 1. The van der Waals surface area contributed by atoms with Crippen LogP contribution >= 0.6 is 11.5 Å². The Balaban J connectivity index is 1.65. The van der Waals surface area contributed by atoms with Gasteiger partial charge in [0.1, 0.15) is 5.00 Å². The van der Waals surface area contributed by atoms with Gasteiger partial charge >= 0.3 is 0 Å². The van der Waals surface area contributed by atoms with E-state index in [9.17, 15) is 4.79 Å². The highest BCUT2D eigenvalue weighted by Crippen LogP contribution is 2.48. The lowest BCUT2D eigenvalue weighted by Gasteiger charge is -2.22. The van der Waals surface area contributed by atoms with Crippen LogP contribution in [0.25, 0.3) is 0 Å². The van der Waals surface area contributed by atoms with E-state index in [-0.39, 0.29) is 5.78 Å². The molecule has 3 nitrogen and oxygen atoms in total. The largest absolute Gasteiger partial charge is 0.375 e. The van der Waals surface area contributed by atoms with Crippen LogP contribution in [-0.4, -0.2) is 16.7 Å². The van der Waals surface area contributed by atoms with E-state index in [1.165, 1.54) is 37.2 Å². The second-order valence-electron chi connectivity index (χ2n) is 5.84. The normalized spacial score (nSPS) is 29.8. The number of fused-ring (bicyclic) bond motifs is 2. The number of ketones is 1. The van der Waals surface area contributed by atoms with Gasteiger partial charge in [-0.25, -0.2) is 0 Å². The van der Waals surface area contributed by atoms with E-state index in [2.05, 4.69) is 9.69 Å². The maximum atomic E-state index is 11.6. The zero-order valence-electron chi connectivity index (χ0n) is 11.0. The van der Waals surface area contributed by atoms with Crippen molar-refractivity contribution in [1.29, 1.82) is 0 Å². The molecule has 1 N–H and O–H groups in total. The number of anilines is 1. The third-order valence-corrected chi connectivity index (χ3v) is 5.52. The van der Waals surface area contributed by atoms with Crippen molar-refractivity contribution in [2.24, 2.45) is 17.8 Å². The highest BCUT2D eigenvalue weighted by molar-refractivity contribution is 7.10. The summed E-state index contributed by atoms with van der Waals surface area (Å²) in [5.74, 6) is 2.84. The molecule has 0 radical (unpaired) electrons. The van der Waals surface area contributed by atoms with Gasteiger partial charge in [0.25, 0.3) is 0 Å². The van der Waals surface area contributed by atoms with Crippen molar-refractivity contribution >= 4 is 22.3 Å². The molecule has 1 heterocycles. The van der Waals surface area contributed by atoms with Gasteiger partial charge in [-0.3, -0.25) is 4.79 Å². The van der Waals surface area contributed by atoms with Gasteiger partial charge in [-0.2, -0.15) is 4.37 Å². The minimum atomic E-state index is 0.122. The molecular formula is C14H20N2OS. The van der Waals surface area contributed by atoms with Gasteiger partial charge in [-0.15, -0.1) is 0 Å². The molecule has 3 atom stereocenters. The molecule has 3 rings (SSSR count). The fourth-order valence-electron chi connectivity index (χ4n) is 3.76. The van der Waals surface area contributed by atoms with Crippen molar-refractivity contribution in [3.8, 4) is 0 Å². The monoisotopic (exact) mass is 264 g/mol. The summed E-state index contributed by atoms with van der Waals surface area (Å²) in [6, 6.07) is 0. The van der Waals surface area contributed by atoms with Crippen LogP contribution in [0.5, 0.6) is 0 Å². The van der Waals surface area contributed by atoms with Crippen molar-refractivity contribution in [3.63, 3.8) is 0 Å². The number of aryl methyl sites for hydroxylation is 1. The smallest absolute Gasteiger partial charge is 0.164 e. The summed E-state index contributed by atoms with van der Waals surface area (Å²) in [6.45, 7) is 4.55. The highest BCUT2D eigenvalue weighted by atomic mass is 32.1. The van der Waals surface area contributed by atoms with Crippen LogP contribution in [0.1, 0.15) is 48.7 Å². The van der Waals surface area contributed by atoms with Gasteiger partial charge < -0.3 is 5.32 Å². The molecule has 1 aromatic rings. The van der Waals surface area contributed by atoms with Crippen molar-refractivity contribution in [2.75, 3.05) is 11.9 Å². The zero-order chi connectivity index (χ0) is 12.7. The van der Waals surface area contributed by atoms with E-state index in [1.807, 2.05) is 6.92 Å². The van der Waals surface area contributed by atoms with Crippen LogP contribution in [0.3, 0.4) is 0 Å². The average Bonchev–Trinajstić information content (AvgIpc) is 3.00. The Morgan fingerprint density at radius 1 is 1.44 bits per heavy atom. The van der Waals surface area contributed by atoms with Crippen LogP contribution in [0, 0.1) is 24.7 Å². The van der Waals surface area contributed by atoms with E-state index < -0.39 is 0 Å². The molecule has 2 fully saturated rings. The molecule has 2 aliphatic rings. The zero-order valence-corrected chi connectivity index (χ0v) is 11.8. The third kappa shape index (κ3) is 2.07. The second kappa shape index (κ2) is 4.65. The quantitative estimate of drug-likeness (QED) is 0.846. The molecule has 4 heteroatoms. The van der Waals surface area contributed by atoms with Crippen LogP contribution in [0.4, 0.5) is 5.00 Å². The number of carbonyl (C=O) groups is 1. The van der Waals surface area contributed by atoms with Crippen molar-refractivity contribution in [3.05, 3.63) is 11.3 Å². The molecule has 0 amide bonds. The van der Waals surface area contributed by atoms with Gasteiger partial charge in [-0.1, -0.05) is 6.42 Å². The number of nitrogens with one attached hydrogen (secondary N) is 1. The summed E-state index contributed by atoms with van der Waals surface area (Å²) >= 11 is 1.43. The lowest BCUT2D eigenvalue weighted by molar-refractivity contribution is 0.101. The maximum absolute atomic E-state index is 11.6. The van der Waals surface area contributed by atoms with Crippen molar-refractivity contribution in [1.82, 2.24) is 4.37 Å². The summed E-state index contributed by atoms with van der Waals surface area (Å²) < 4.78 is 4.29. The molecule has 1 aromatic heterocycles. The van der Waals surface area contributed by atoms with E-state index in [0.29, 0.717) is 0 Å². The van der Waals surface area contributed by atoms with E-state index in [4.69, 9.17) is 0 Å². The first-order chi connectivity index (χ1) is 8.65. The van der Waals surface area contributed by atoms with Crippen molar-refractivity contribution < 1.29 is 4.79 Å². The van der Waals surface area contributed by atoms with Crippen LogP contribution in [0.15, 0.2) is 0 Å². The first-order valence-electron chi connectivity index (χ1n) is 6.86. The molecule has 0 saturated heterocycles. The molecule has 2 bridgehead atoms. The van der Waals surface area contributed by atoms with Crippen LogP contribution < -0.4 is 5.32 Å². The summed E-state index contributed by atoms with van der Waals surface area (Å²) in [5.41, 5.74) is 1.66. The molecule has 3 unspecified atom stereocenters. The van der Waals surface area contributed by atoms with E-state index in [1.54, 1.807) is 6.92 Å². The highest BCUT2D eigenvalue weighted by Gasteiger charge is 2.39. The Labute approximate surface area is 112 Å². The number of rotatable bonds is 4. The third-order valence-electron chi connectivity index (χ3n) is 4.62. The van der Waals surface area contributed by atoms with Gasteiger partial charge in [-0.05, 0) is 62.4 Å². The summed E-state index contributed by atoms with van der Waals surface area (Å²) in [4.78, 5) is 11.6. The van der Waals surface area contributed by atoms with Gasteiger partial charge in [0.2, 0.25) is 0 Å². The van der Waals surface area contributed by atoms with Crippen LogP contribution in [0.2, 0.25) is 0 Å². The van der Waals surface area contributed by atoms with Gasteiger partial charge in [0.05, 0.1) is 11.3 Å². The minimum absolute atomic E-state index is 0.122. The Morgan fingerprint density at radius 2 is 2.28 bits per heavy atom. The molecule has 2 aliphatic carbocycles. The molecule has 0 spiro atoms. The van der Waals surface area contributed by atoms with Crippen LogP contribution in [-0.2, 0) is 0 Å². The number of aromatic nitrogens is 1. The summed E-state index contributed by atoms with van der Waals surface area (Å²) in [6.07, 6.45) is 5.68. The maximum Gasteiger partial charge on any atom is 0.164 e. The van der Waals surface area contributed by atoms with E-state index >= 15 is 0 Å². The number of carbonyl (C=O) groups excluding carboxylic acids is 1. The average molecular weight is 264 g/mol. The standard InChI is InChI=1S/C14H20N2OS/c1-8-13(9(2)17)14(18-16-8)15-7-12-6-10-3-4-11(12)5-10/h10-12,15H,3-7H2,1-2H3. The molecule has 0 aromatic carbocycles. The first kappa shape index (κ1) is 12.2. The lowest BCUT2D eigenvalue weighted by Crippen LogP contribution is -2.20.